The lowest BCUT2D eigenvalue weighted by Crippen LogP contribution is -2.37. The van der Waals surface area contributed by atoms with Gasteiger partial charge in [-0.25, -0.2) is 4.79 Å². The molecule has 0 saturated heterocycles. The molecule has 0 aliphatic rings. The minimum absolute atomic E-state index is 0.0393. The van der Waals surface area contributed by atoms with Gasteiger partial charge in [-0.3, -0.25) is 4.79 Å². The van der Waals surface area contributed by atoms with Crippen molar-refractivity contribution >= 4 is 17.6 Å². The van der Waals surface area contributed by atoms with Gasteiger partial charge in [0.05, 0.1) is 5.56 Å². The Balaban J connectivity index is 3.00. The lowest BCUT2D eigenvalue weighted by molar-refractivity contribution is -0.112. The van der Waals surface area contributed by atoms with Crippen LogP contribution < -0.4 is 5.32 Å². The number of carbonyl (C=O) groups is 2. The van der Waals surface area contributed by atoms with E-state index in [4.69, 9.17) is 5.11 Å². The molecule has 0 heterocycles. The van der Waals surface area contributed by atoms with Crippen molar-refractivity contribution in [3.63, 3.8) is 0 Å². The molecule has 1 aromatic rings. The van der Waals surface area contributed by atoms with Crippen LogP contribution in [0.2, 0.25) is 0 Å². The first-order chi connectivity index (χ1) is 10.7. The van der Waals surface area contributed by atoms with E-state index in [0.29, 0.717) is 12.2 Å². The van der Waals surface area contributed by atoms with Crippen molar-refractivity contribution < 1.29 is 14.7 Å². The minimum Gasteiger partial charge on any atom is -0.478 e. The summed E-state index contributed by atoms with van der Waals surface area (Å²) in [6, 6.07) is 7.76. The average Bonchev–Trinajstić information content (AvgIpc) is 2.47. The molecular formula is C17H21N3O3. The maximum atomic E-state index is 12.2. The molecule has 0 fully saturated rings. The van der Waals surface area contributed by atoms with Gasteiger partial charge in [-0.1, -0.05) is 6.07 Å². The van der Waals surface area contributed by atoms with Gasteiger partial charge in [-0.2, -0.15) is 5.26 Å². The molecule has 0 unspecified atom stereocenters. The highest BCUT2D eigenvalue weighted by atomic mass is 16.4. The highest BCUT2D eigenvalue weighted by molar-refractivity contribution is 6.06. The second kappa shape index (κ2) is 7.45. The van der Waals surface area contributed by atoms with Crippen molar-refractivity contribution in [2.45, 2.75) is 33.2 Å². The quantitative estimate of drug-likeness (QED) is 0.643. The zero-order valence-corrected chi connectivity index (χ0v) is 13.8. The van der Waals surface area contributed by atoms with Crippen molar-refractivity contribution in [1.29, 1.82) is 5.26 Å². The Hall–Kier alpha value is -2.81. The normalized spacial score (nSPS) is 11.5. The van der Waals surface area contributed by atoms with Gasteiger partial charge >= 0.3 is 5.97 Å². The Morgan fingerprint density at radius 1 is 1.39 bits per heavy atom. The highest BCUT2D eigenvalue weighted by Gasteiger charge is 2.19. The first-order valence-electron chi connectivity index (χ1n) is 7.22. The standard InChI is InChI=1S/C17H21N3O3/c1-5-20(17(2,3)4)11-13(10-18)15(21)19-14-8-6-7-12(9-14)16(22)23/h6-9,11H,5H2,1-4H3,(H,19,21)(H,22,23)/b13-11-. The Kier molecular flexibility index (Phi) is 5.91. The largest absolute Gasteiger partial charge is 0.478 e. The van der Waals surface area contributed by atoms with Gasteiger partial charge in [-0.05, 0) is 45.9 Å². The zero-order valence-electron chi connectivity index (χ0n) is 13.8. The van der Waals surface area contributed by atoms with Gasteiger partial charge in [0.2, 0.25) is 0 Å². The summed E-state index contributed by atoms with van der Waals surface area (Å²) in [6.07, 6.45) is 1.52. The molecule has 0 atom stereocenters. The van der Waals surface area contributed by atoms with Gasteiger partial charge in [-0.15, -0.1) is 0 Å². The Morgan fingerprint density at radius 3 is 2.52 bits per heavy atom. The van der Waals surface area contributed by atoms with E-state index < -0.39 is 11.9 Å². The average molecular weight is 315 g/mol. The summed E-state index contributed by atoms with van der Waals surface area (Å²) in [7, 11) is 0. The number of nitriles is 1. The third-order valence-electron chi connectivity index (χ3n) is 3.22. The summed E-state index contributed by atoms with van der Waals surface area (Å²) in [6.45, 7) is 8.53. The maximum absolute atomic E-state index is 12.2. The SMILES string of the molecule is CCN(/C=C(/C#N)C(=O)Nc1cccc(C(=O)O)c1)C(C)(C)C. The number of nitrogens with zero attached hydrogens (tertiary/aromatic N) is 2. The molecule has 1 rings (SSSR count). The van der Waals surface area contributed by atoms with Crippen molar-refractivity contribution in [1.82, 2.24) is 4.90 Å². The highest BCUT2D eigenvalue weighted by Crippen LogP contribution is 2.16. The van der Waals surface area contributed by atoms with Crippen LogP contribution in [0.3, 0.4) is 0 Å². The molecule has 0 aromatic heterocycles. The molecule has 6 heteroatoms. The van der Waals surface area contributed by atoms with Gasteiger partial charge in [0.15, 0.2) is 0 Å². The van der Waals surface area contributed by atoms with Crippen molar-refractivity contribution in [2.75, 3.05) is 11.9 Å². The smallest absolute Gasteiger partial charge is 0.335 e. The third-order valence-corrected chi connectivity index (χ3v) is 3.22. The summed E-state index contributed by atoms with van der Waals surface area (Å²) < 4.78 is 0. The van der Waals surface area contributed by atoms with Crippen LogP contribution in [0, 0.1) is 11.3 Å². The molecule has 2 N–H and O–H groups in total. The number of aromatic carboxylic acids is 1. The fourth-order valence-electron chi connectivity index (χ4n) is 1.98. The molecule has 0 aliphatic heterocycles. The molecule has 23 heavy (non-hydrogen) atoms. The van der Waals surface area contributed by atoms with E-state index in [1.54, 1.807) is 6.07 Å². The fraction of sp³-hybridized carbons (Fsp3) is 0.353. The number of rotatable bonds is 5. The summed E-state index contributed by atoms with van der Waals surface area (Å²) in [5.74, 6) is -1.65. The van der Waals surface area contributed by atoms with Crippen LogP contribution in [0.25, 0.3) is 0 Å². The third kappa shape index (κ3) is 5.15. The second-order valence-electron chi connectivity index (χ2n) is 5.95. The Labute approximate surface area is 136 Å². The molecule has 1 amide bonds. The van der Waals surface area contributed by atoms with Crippen molar-refractivity contribution in [3.05, 3.63) is 41.6 Å². The maximum Gasteiger partial charge on any atom is 0.335 e. The van der Waals surface area contributed by atoms with Crippen LogP contribution in [0.4, 0.5) is 5.69 Å². The van der Waals surface area contributed by atoms with E-state index in [9.17, 15) is 14.9 Å². The molecule has 0 bridgehead atoms. The van der Waals surface area contributed by atoms with Crippen LogP contribution in [0.15, 0.2) is 36.0 Å². The molecule has 0 saturated carbocycles. The van der Waals surface area contributed by atoms with Gasteiger partial charge in [0, 0.05) is 24.0 Å². The molecule has 0 spiro atoms. The van der Waals surface area contributed by atoms with Gasteiger partial charge in [0.1, 0.15) is 11.6 Å². The summed E-state index contributed by atoms with van der Waals surface area (Å²) in [4.78, 5) is 25.1. The van der Waals surface area contributed by atoms with E-state index >= 15 is 0 Å². The van der Waals surface area contributed by atoms with E-state index in [1.165, 1.54) is 24.4 Å². The molecule has 1 aromatic carbocycles. The number of hydrogen-bond acceptors (Lipinski definition) is 4. The first-order valence-corrected chi connectivity index (χ1v) is 7.22. The van der Waals surface area contributed by atoms with Crippen molar-refractivity contribution in [3.8, 4) is 6.07 Å². The number of hydrogen-bond donors (Lipinski definition) is 2. The number of anilines is 1. The van der Waals surface area contributed by atoms with Crippen LogP contribution in [-0.2, 0) is 4.79 Å². The topological polar surface area (TPSA) is 93.4 Å². The van der Waals surface area contributed by atoms with Gasteiger partial charge < -0.3 is 15.3 Å². The number of amides is 1. The van der Waals surface area contributed by atoms with E-state index in [1.807, 2.05) is 38.7 Å². The molecular weight excluding hydrogens is 294 g/mol. The van der Waals surface area contributed by atoms with Crippen LogP contribution in [0.1, 0.15) is 38.1 Å². The number of nitrogens with one attached hydrogen (secondary N) is 1. The summed E-state index contributed by atoms with van der Waals surface area (Å²) in [5, 5.41) is 20.7. The number of carboxylic acids is 1. The van der Waals surface area contributed by atoms with E-state index in [-0.39, 0.29) is 16.7 Å². The van der Waals surface area contributed by atoms with Crippen LogP contribution in [-0.4, -0.2) is 34.0 Å². The zero-order chi connectivity index (χ0) is 17.6. The molecule has 0 aliphatic carbocycles. The fourth-order valence-corrected chi connectivity index (χ4v) is 1.98. The number of benzene rings is 1. The van der Waals surface area contributed by atoms with Crippen molar-refractivity contribution in [2.24, 2.45) is 0 Å². The van der Waals surface area contributed by atoms with E-state index in [0.717, 1.165) is 0 Å². The summed E-state index contributed by atoms with van der Waals surface area (Å²) >= 11 is 0. The lowest BCUT2D eigenvalue weighted by Gasteiger charge is -2.33. The monoisotopic (exact) mass is 315 g/mol. The number of carboxylic acid groups (broad SMARTS) is 1. The Morgan fingerprint density at radius 2 is 2.04 bits per heavy atom. The molecule has 0 radical (unpaired) electrons. The summed E-state index contributed by atoms with van der Waals surface area (Å²) in [5.41, 5.74) is 0.132. The molecule has 6 nitrogen and oxygen atoms in total. The lowest BCUT2D eigenvalue weighted by atomic mass is 10.1. The van der Waals surface area contributed by atoms with Crippen LogP contribution >= 0.6 is 0 Å². The Bertz CT molecular complexity index is 666. The van der Waals surface area contributed by atoms with Gasteiger partial charge in [0.25, 0.3) is 5.91 Å². The predicted octanol–water partition coefficient (Wildman–Crippen LogP) is 2.85. The molecule has 122 valence electrons. The predicted molar refractivity (Wildman–Crippen MR) is 87.9 cm³/mol. The van der Waals surface area contributed by atoms with E-state index in [2.05, 4.69) is 5.32 Å². The first kappa shape index (κ1) is 18.2. The second-order valence-corrected chi connectivity index (χ2v) is 5.95. The van der Waals surface area contributed by atoms with Crippen LogP contribution in [0.5, 0.6) is 0 Å². The number of carbonyl (C=O) groups excluding carboxylic acids is 1. The minimum atomic E-state index is -1.08.